The van der Waals surface area contributed by atoms with E-state index < -0.39 is 28.6 Å². The number of nitrogens with zero attached hydrogens (tertiary/aromatic N) is 5. The van der Waals surface area contributed by atoms with Gasteiger partial charge >= 0.3 is 11.3 Å². The Morgan fingerprint density at radius 2 is 1.27 bits per heavy atom. The second-order valence-corrected chi connectivity index (χ2v) is 22.1. The van der Waals surface area contributed by atoms with Crippen LogP contribution >= 0.6 is 0 Å². The molecule has 2 heterocycles. The molecule has 0 spiro atoms. The number of aromatic nitrogens is 4. The van der Waals surface area contributed by atoms with Gasteiger partial charge in [-0.25, -0.2) is 4.52 Å². The Labute approximate surface area is 396 Å². The average molecular weight is 945 g/mol. The Hall–Kier alpha value is -4.28. The summed E-state index contributed by atoms with van der Waals surface area (Å²) in [7, 11) is 0. The van der Waals surface area contributed by atoms with Crippen molar-refractivity contribution in [3.8, 4) is 11.5 Å². The molecule has 4 fully saturated rings. The van der Waals surface area contributed by atoms with Crippen molar-refractivity contribution in [2.75, 3.05) is 4.72 Å². The number of nitrogens with one attached hydrogen (secondary N) is 3. The smallest absolute Gasteiger partial charge is 0.316 e. The van der Waals surface area contributed by atoms with Crippen LogP contribution < -0.4 is 17.8 Å². The van der Waals surface area contributed by atoms with Crippen LogP contribution in [-0.4, -0.2) is 74.0 Å². The van der Waals surface area contributed by atoms with E-state index in [1.807, 2.05) is 32.0 Å². The minimum absolute atomic E-state index is 0.0199. The molecule has 0 aliphatic heterocycles. The van der Waals surface area contributed by atoms with Crippen LogP contribution in [0.3, 0.4) is 0 Å². The second-order valence-electron chi connectivity index (χ2n) is 20.4. The summed E-state index contributed by atoms with van der Waals surface area (Å²) < 4.78 is 47.3. The number of hydrogen-bond acceptors (Lipinski definition) is 8. The largest absolute Gasteiger partial charge is 0.389 e. The van der Waals surface area contributed by atoms with Gasteiger partial charge in [0.25, 0.3) is 17.2 Å². The minimum atomic E-state index is -2.15. The van der Waals surface area contributed by atoms with E-state index in [1.54, 1.807) is 28.8 Å². The van der Waals surface area contributed by atoms with Gasteiger partial charge in [-0.05, 0) is 89.0 Å². The SMILES string of the molecule is Cc1ccc(NS(=O)Oc2cc(C(=O)N(C3CCCCC3)C3CCCCC3)ccc2CC(=O)N(C2CCCCC2)C2CCCCC2)cc1OS(=O)NC(C)c1nnc2cc(C(C)(C)C)[nH]n12. The number of carbonyl (C=O) groups is 2. The lowest BCUT2D eigenvalue weighted by Gasteiger charge is -2.42. The highest BCUT2D eigenvalue weighted by molar-refractivity contribution is 7.82. The lowest BCUT2D eigenvalue weighted by atomic mass is 9.87. The van der Waals surface area contributed by atoms with Gasteiger partial charge < -0.3 is 18.2 Å². The summed E-state index contributed by atoms with van der Waals surface area (Å²) in [5.74, 6) is 1.16. The minimum Gasteiger partial charge on any atom is -0.389 e. The zero-order valence-corrected chi connectivity index (χ0v) is 41.4. The highest BCUT2D eigenvalue weighted by Crippen LogP contribution is 2.35. The first-order valence-electron chi connectivity index (χ1n) is 24.9. The van der Waals surface area contributed by atoms with Gasteiger partial charge in [0, 0.05) is 58.5 Å². The normalized spacial score (nSPS) is 19.8. The molecule has 3 atom stereocenters. The van der Waals surface area contributed by atoms with Crippen LogP contribution in [0, 0.1) is 6.92 Å². The summed E-state index contributed by atoms with van der Waals surface area (Å²) >= 11 is -4.14. The Balaban J connectivity index is 1.01. The molecule has 4 aromatic rings. The van der Waals surface area contributed by atoms with Crippen molar-refractivity contribution in [1.29, 1.82) is 0 Å². The molecule has 0 saturated heterocycles. The summed E-state index contributed by atoms with van der Waals surface area (Å²) in [4.78, 5) is 33.8. The molecule has 4 saturated carbocycles. The van der Waals surface area contributed by atoms with E-state index in [9.17, 15) is 18.0 Å². The van der Waals surface area contributed by atoms with Crippen molar-refractivity contribution >= 4 is 45.7 Å². The number of H-pyrrole nitrogens is 1. The van der Waals surface area contributed by atoms with Gasteiger partial charge in [-0.1, -0.05) is 110 Å². The lowest BCUT2D eigenvalue weighted by molar-refractivity contribution is -0.137. The number of fused-ring (bicyclic) bond motifs is 1. The fourth-order valence-electron chi connectivity index (χ4n) is 10.8. The van der Waals surface area contributed by atoms with Crippen LogP contribution in [0.2, 0.25) is 0 Å². The standard InChI is InChI=1S/C50H72N8O6S2/c1-34-26-29-38(32-43(34)63-65(61)54-35(2)48-52-51-46-33-45(50(3,4)5)53-58(46)48)55-66(62)64-44-30-37(49(60)57(41-22-14-8-15-23-41)42-24-16-9-17-25-42)28-27-36(44)31-47(59)56(39-18-10-6-11-19-39)40-20-12-7-13-21-40/h26-30,32-33,35,39-42,53-55H,6-25,31H2,1-5H3. The van der Waals surface area contributed by atoms with E-state index in [-0.39, 0.29) is 53.6 Å². The van der Waals surface area contributed by atoms with Crippen molar-refractivity contribution < 1.29 is 26.4 Å². The van der Waals surface area contributed by atoms with Gasteiger partial charge in [0.2, 0.25) is 5.91 Å². The second kappa shape index (κ2) is 21.8. The van der Waals surface area contributed by atoms with Crippen LogP contribution in [0.25, 0.3) is 5.65 Å². The summed E-state index contributed by atoms with van der Waals surface area (Å²) in [6.07, 6.45) is 22.0. The van der Waals surface area contributed by atoms with Crippen molar-refractivity contribution in [3.05, 3.63) is 70.7 Å². The molecule has 0 bridgehead atoms. The third-order valence-corrected chi connectivity index (χ3v) is 16.1. The molecule has 3 unspecified atom stereocenters. The zero-order valence-electron chi connectivity index (χ0n) is 39.8. The molecule has 66 heavy (non-hydrogen) atoms. The third-order valence-electron chi connectivity index (χ3n) is 14.5. The monoisotopic (exact) mass is 945 g/mol. The van der Waals surface area contributed by atoms with Crippen molar-refractivity contribution in [3.63, 3.8) is 0 Å². The number of rotatable bonds is 16. The number of benzene rings is 2. The highest BCUT2D eigenvalue weighted by Gasteiger charge is 2.36. The van der Waals surface area contributed by atoms with Crippen LogP contribution in [0.15, 0.2) is 42.5 Å². The van der Waals surface area contributed by atoms with E-state index in [0.717, 1.165) is 108 Å². The number of anilines is 1. The first-order valence-corrected chi connectivity index (χ1v) is 27.0. The molecular formula is C50H72N8O6S2. The first kappa shape index (κ1) is 48.2. The molecule has 16 heteroatoms. The van der Waals surface area contributed by atoms with Gasteiger partial charge in [-0.2, -0.15) is 13.1 Å². The first-order chi connectivity index (χ1) is 31.8. The fourth-order valence-corrected chi connectivity index (χ4v) is 12.3. The predicted molar refractivity (Wildman–Crippen MR) is 261 cm³/mol. The van der Waals surface area contributed by atoms with E-state index in [0.29, 0.717) is 39.6 Å². The lowest BCUT2D eigenvalue weighted by Crippen LogP contribution is -2.49. The van der Waals surface area contributed by atoms with Crippen LogP contribution in [-0.2, 0) is 39.2 Å². The van der Waals surface area contributed by atoms with E-state index in [2.05, 4.69) is 55.3 Å². The number of hydrogen-bond donors (Lipinski definition) is 3. The molecular weight excluding hydrogens is 873 g/mol. The van der Waals surface area contributed by atoms with Crippen molar-refractivity contribution in [2.24, 2.45) is 0 Å². The zero-order chi connectivity index (χ0) is 46.4. The highest BCUT2D eigenvalue weighted by atomic mass is 32.2. The number of aromatic amines is 1. The van der Waals surface area contributed by atoms with Crippen molar-refractivity contribution in [1.82, 2.24) is 34.3 Å². The van der Waals surface area contributed by atoms with Gasteiger partial charge in [0.05, 0.1) is 18.2 Å². The molecule has 3 N–H and O–H groups in total. The van der Waals surface area contributed by atoms with Crippen LogP contribution in [0.5, 0.6) is 11.5 Å². The number of amides is 2. The van der Waals surface area contributed by atoms with Gasteiger partial charge in [0.15, 0.2) is 11.5 Å². The van der Waals surface area contributed by atoms with Gasteiger partial charge in [-0.3, -0.25) is 19.4 Å². The summed E-state index contributed by atoms with van der Waals surface area (Å²) in [6, 6.07) is 12.9. The third kappa shape index (κ3) is 11.7. The summed E-state index contributed by atoms with van der Waals surface area (Å²) in [5, 5.41) is 11.9. The fraction of sp³-hybridized carbons (Fsp3) is 0.640. The Bertz CT molecular complexity index is 2300. The average Bonchev–Trinajstić information content (AvgIpc) is 3.92. The Morgan fingerprint density at radius 3 is 1.83 bits per heavy atom. The Kier molecular flexibility index (Phi) is 15.9. The van der Waals surface area contributed by atoms with E-state index >= 15 is 0 Å². The van der Waals surface area contributed by atoms with Crippen molar-refractivity contribution in [2.45, 2.75) is 205 Å². The topological polar surface area (TPSA) is 163 Å². The molecule has 2 amide bonds. The maximum absolute atomic E-state index is 14.8. The summed E-state index contributed by atoms with van der Waals surface area (Å²) in [6.45, 7) is 9.99. The predicted octanol–water partition coefficient (Wildman–Crippen LogP) is 10.2. The summed E-state index contributed by atoms with van der Waals surface area (Å²) in [5.41, 5.74) is 3.76. The molecule has 4 aliphatic rings. The number of carbonyl (C=O) groups excluding carboxylic acids is 2. The van der Waals surface area contributed by atoms with Gasteiger partial charge in [0.1, 0.15) is 11.5 Å². The molecule has 0 radical (unpaired) electrons. The Morgan fingerprint density at radius 1 is 0.727 bits per heavy atom. The molecule has 2 aromatic heterocycles. The maximum atomic E-state index is 14.8. The molecule has 360 valence electrons. The molecule has 2 aromatic carbocycles. The molecule has 8 rings (SSSR count). The quantitative estimate of drug-likeness (QED) is 0.1000. The van der Waals surface area contributed by atoms with Crippen LogP contribution in [0.1, 0.15) is 195 Å². The molecule has 14 nitrogen and oxygen atoms in total. The maximum Gasteiger partial charge on any atom is 0.316 e. The van der Waals surface area contributed by atoms with E-state index in [4.69, 9.17) is 8.37 Å². The molecule has 4 aliphatic carbocycles. The number of aryl methyl sites for hydroxylation is 1. The van der Waals surface area contributed by atoms with Crippen LogP contribution in [0.4, 0.5) is 5.69 Å². The van der Waals surface area contributed by atoms with E-state index in [1.165, 1.54) is 25.7 Å². The van der Waals surface area contributed by atoms with Gasteiger partial charge in [-0.15, -0.1) is 10.2 Å².